The highest BCUT2D eigenvalue weighted by atomic mass is 35.5. The van der Waals surface area contributed by atoms with Gasteiger partial charge in [-0.1, -0.05) is 50.0 Å². The second kappa shape index (κ2) is 8.36. The number of hydrogen-bond acceptors (Lipinski definition) is 4. The van der Waals surface area contributed by atoms with Crippen LogP contribution in [0, 0.1) is 12.3 Å². The van der Waals surface area contributed by atoms with Crippen LogP contribution in [0.5, 0.6) is 0 Å². The van der Waals surface area contributed by atoms with Crippen molar-refractivity contribution in [3.05, 3.63) is 50.4 Å². The number of halogens is 2. The Morgan fingerprint density at radius 2 is 1.83 bits per heavy atom. The first kappa shape index (κ1) is 21.7. The van der Waals surface area contributed by atoms with Gasteiger partial charge in [0.1, 0.15) is 5.02 Å². The highest BCUT2D eigenvalue weighted by Gasteiger charge is 2.29. The summed E-state index contributed by atoms with van der Waals surface area (Å²) in [5.74, 6) is 0.134. The predicted octanol–water partition coefficient (Wildman–Crippen LogP) is 3.93. The zero-order chi connectivity index (χ0) is 21.3. The molecule has 0 aliphatic carbocycles. The molecule has 1 aromatic carbocycles. The number of rotatable bonds is 2. The summed E-state index contributed by atoms with van der Waals surface area (Å²) in [4.78, 5) is 29.4. The van der Waals surface area contributed by atoms with Crippen LogP contribution in [0.4, 0.5) is 5.69 Å². The molecule has 1 amide bonds. The standard InChI is InChI=1S/C21H26Cl2N4O2/c1-14-6-7-15(12-16(14)22)27-19(28)18(23)17(13-24-27)25-8-5-9-26(11-10-25)20(29)21(2,3)4/h6-7,12-13H,5,8-11H2,1-4H3. The topological polar surface area (TPSA) is 58.4 Å². The molecule has 29 heavy (non-hydrogen) atoms. The lowest BCUT2D eigenvalue weighted by Gasteiger charge is -2.28. The molecule has 2 heterocycles. The van der Waals surface area contributed by atoms with Gasteiger partial charge < -0.3 is 9.80 Å². The van der Waals surface area contributed by atoms with Gasteiger partial charge in [-0.15, -0.1) is 0 Å². The maximum atomic E-state index is 12.9. The smallest absolute Gasteiger partial charge is 0.292 e. The van der Waals surface area contributed by atoms with E-state index in [1.807, 2.05) is 43.6 Å². The van der Waals surface area contributed by atoms with Crippen LogP contribution in [-0.2, 0) is 4.79 Å². The summed E-state index contributed by atoms with van der Waals surface area (Å²) in [5.41, 5.74) is 1.28. The van der Waals surface area contributed by atoms with E-state index in [0.717, 1.165) is 12.0 Å². The molecule has 0 bridgehead atoms. The van der Waals surface area contributed by atoms with E-state index in [1.54, 1.807) is 18.3 Å². The summed E-state index contributed by atoms with van der Waals surface area (Å²) in [6.07, 6.45) is 2.41. The molecule has 1 saturated heterocycles. The monoisotopic (exact) mass is 436 g/mol. The van der Waals surface area contributed by atoms with E-state index in [2.05, 4.69) is 5.10 Å². The van der Waals surface area contributed by atoms with Gasteiger partial charge in [-0.3, -0.25) is 9.59 Å². The Kier molecular flexibility index (Phi) is 6.24. The maximum Gasteiger partial charge on any atom is 0.292 e. The Bertz CT molecular complexity index is 982. The van der Waals surface area contributed by atoms with Crippen LogP contribution >= 0.6 is 23.2 Å². The molecule has 8 heteroatoms. The van der Waals surface area contributed by atoms with Gasteiger partial charge in [-0.2, -0.15) is 9.78 Å². The van der Waals surface area contributed by atoms with Crippen molar-refractivity contribution in [1.29, 1.82) is 0 Å². The fourth-order valence-corrected chi connectivity index (χ4v) is 3.80. The molecule has 1 aliphatic rings. The van der Waals surface area contributed by atoms with Crippen molar-refractivity contribution in [2.75, 3.05) is 31.1 Å². The van der Waals surface area contributed by atoms with E-state index in [4.69, 9.17) is 23.2 Å². The number of benzene rings is 1. The van der Waals surface area contributed by atoms with Crippen LogP contribution in [0.25, 0.3) is 5.69 Å². The minimum atomic E-state index is -0.413. The van der Waals surface area contributed by atoms with Gasteiger partial charge in [0.2, 0.25) is 5.91 Å². The largest absolute Gasteiger partial charge is 0.367 e. The summed E-state index contributed by atoms with van der Waals surface area (Å²) >= 11 is 12.6. The fraction of sp³-hybridized carbons (Fsp3) is 0.476. The van der Waals surface area contributed by atoms with Gasteiger partial charge in [0.05, 0.1) is 17.6 Å². The zero-order valence-corrected chi connectivity index (χ0v) is 18.7. The molecule has 6 nitrogen and oxygen atoms in total. The van der Waals surface area contributed by atoms with Crippen LogP contribution in [0.15, 0.2) is 29.2 Å². The lowest BCUT2D eigenvalue weighted by molar-refractivity contribution is -0.139. The molecule has 156 valence electrons. The minimum absolute atomic E-state index is 0.118. The fourth-order valence-electron chi connectivity index (χ4n) is 3.38. The van der Waals surface area contributed by atoms with Crippen molar-refractivity contribution in [2.45, 2.75) is 34.1 Å². The first-order chi connectivity index (χ1) is 13.6. The number of carbonyl (C=O) groups is 1. The van der Waals surface area contributed by atoms with Crippen LogP contribution in [0.1, 0.15) is 32.8 Å². The number of anilines is 1. The van der Waals surface area contributed by atoms with Crippen LogP contribution < -0.4 is 10.5 Å². The van der Waals surface area contributed by atoms with Gasteiger partial charge in [-0.25, -0.2) is 0 Å². The Morgan fingerprint density at radius 3 is 2.48 bits per heavy atom. The normalized spacial score (nSPS) is 15.4. The molecular formula is C21H26Cl2N4O2. The average molecular weight is 437 g/mol. The molecule has 1 aromatic heterocycles. The number of aryl methyl sites for hydroxylation is 1. The third-order valence-electron chi connectivity index (χ3n) is 5.07. The molecular weight excluding hydrogens is 411 g/mol. The molecule has 1 aliphatic heterocycles. The molecule has 0 N–H and O–H groups in total. The van der Waals surface area contributed by atoms with Crippen molar-refractivity contribution < 1.29 is 4.79 Å². The van der Waals surface area contributed by atoms with E-state index < -0.39 is 11.0 Å². The van der Waals surface area contributed by atoms with Crippen molar-refractivity contribution >= 4 is 34.8 Å². The molecule has 0 radical (unpaired) electrons. The first-order valence-corrected chi connectivity index (χ1v) is 10.4. The van der Waals surface area contributed by atoms with E-state index in [0.29, 0.717) is 42.6 Å². The molecule has 1 fully saturated rings. The van der Waals surface area contributed by atoms with Crippen LogP contribution in [0.2, 0.25) is 10.0 Å². The summed E-state index contributed by atoms with van der Waals surface area (Å²) in [5, 5.41) is 5.00. The van der Waals surface area contributed by atoms with E-state index in [1.165, 1.54) is 4.68 Å². The SMILES string of the molecule is Cc1ccc(-n2ncc(N3CCCN(C(=O)C(C)(C)C)CC3)c(Cl)c2=O)cc1Cl. The van der Waals surface area contributed by atoms with E-state index >= 15 is 0 Å². The molecule has 0 saturated carbocycles. The Balaban J connectivity index is 1.85. The van der Waals surface area contributed by atoms with E-state index in [9.17, 15) is 9.59 Å². The molecule has 0 spiro atoms. The van der Waals surface area contributed by atoms with Gasteiger partial charge in [-0.05, 0) is 31.0 Å². The van der Waals surface area contributed by atoms with Gasteiger partial charge in [0.25, 0.3) is 5.56 Å². The Morgan fingerprint density at radius 1 is 1.10 bits per heavy atom. The molecule has 0 atom stereocenters. The highest BCUT2D eigenvalue weighted by Crippen LogP contribution is 2.25. The quantitative estimate of drug-likeness (QED) is 0.715. The molecule has 0 unspecified atom stereocenters. The Labute approximate surface area is 181 Å². The number of nitrogens with zero attached hydrogens (tertiary/aromatic N) is 4. The molecule has 3 rings (SSSR count). The lowest BCUT2D eigenvalue weighted by Crippen LogP contribution is -2.41. The number of hydrogen-bond donors (Lipinski definition) is 0. The third kappa shape index (κ3) is 4.59. The van der Waals surface area contributed by atoms with Gasteiger partial charge in [0.15, 0.2) is 0 Å². The average Bonchev–Trinajstić information content (AvgIpc) is 2.91. The second-order valence-corrected chi connectivity index (χ2v) is 9.16. The third-order valence-corrected chi connectivity index (χ3v) is 5.83. The summed E-state index contributed by atoms with van der Waals surface area (Å²) in [6, 6.07) is 5.32. The van der Waals surface area contributed by atoms with Crippen LogP contribution in [0.3, 0.4) is 0 Å². The highest BCUT2D eigenvalue weighted by molar-refractivity contribution is 6.33. The zero-order valence-electron chi connectivity index (χ0n) is 17.2. The number of amides is 1. The summed E-state index contributed by atoms with van der Waals surface area (Å²) in [6.45, 7) is 10.3. The van der Waals surface area contributed by atoms with E-state index in [-0.39, 0.29) is 10.9 Å². The van der Waals surface area contributed by atoms with Crippen molar-refractivity contribution in [2.24, 2.45) is 5.41 Å². The summed E-state index contributed by atoms with van der Waals surface area (Å²) < 4.78 is 1.25. The van der Waals surface area contributed by atoms with Crippen molar-refractivity contribution in [3.63, 3.8) is 0 Å². The predicted molar refractivity (Wildman–Crippen MR) is 117 cm³/mol. The first-order valence-electron chi connectivity index (χ1n) is 9.68. The number of carbonyl (C=O) groups excluding carboxylic acids is 1. The lowest BCUT2D eigenvalue weighted by atomic mass is 9.94. The second-order valence-electron chi connectivity index (χ2n) is 8.38. The summed E-state index contributed by atoms with van der Waals surface area (Å²) in [7, 11) is 0. The van der Waals surface area contributed by atoms with Crippen molar-refractivity contribution in [1.82, 2.24) is 14.7 Å². The minimum Gasteiger partial charge on any atom is -0.367 e. The number of aromatic nitrogens is 2. The van der Waals surface area contributed by atoms with Gasteiger partial charge in [0, 0.05) is 36.6 Å². The maximum absolute atomic E-state index is 12.9. The van der Waals surface area contributed by atoms with Crippen LogP contribution in [-0.4, -0.2) is 46.8 Å². The molecule has 2 aromatic rings. The Hall–Kier alpha value is -2.05. The van der Waals surface area contributed by atoms with Gasteiger partial charge >= 0.3 is 0 Å². The van der Waals surface area contributed by atoms with Crippen molar-refractivity contribution in [3.8, 4) is 5.69 Å².